The van der Waals surface area contributed by atoms with Gasteiger partial charge in [-0.2, -0.15) is 0 Å². The first kappa shape index (κ1) is 23.7. The van der Waals surface area contributed by atoms with Crippen molar-refractivity contribution in [3.8, 4) is 5.69 Å². The number of amides is 1. The molecule has 0 aliphatic heterocycles. The van der Waals surface area contributed by atoms with Gasteiger partial charge in [0.1, 0.15) is 5.82 Å². The van der Waals surface area contributed by atoms with Crippen molar-refractivity contribution in [1.29, 1.82) is 0 Å². The number of aromatic nitrogens is 2. The number of carbonyl (C=O) groups excluding carboxylic acids is 1. The minimum atomic E-state index is -0.267. The molecular weight excluding hydrogens is 398 g/mol. The summed E-state index contributed by atoms with van der Waals surface area (Å²) in [6, 6.07) is 15.1. The number of benzene rings is 2. The average Bonchev–Trinajstić information content (AvgIpc) is 2.80. The largest absolute Gasteiger partial charge is 0.333 e. The lowest BCUT2D eigenvalue weighted by Gasteiger charge is -2.31. The predicted octanol–water partition coefficient (Wildman–Crippen LogP) is 5.96. The number of nitrogens with zero attached hydrogens (tertiary/aromatic N) is 3. The summed E-state index contributed by atoms with van der Waals surface area (Å²) in [6.45, 7) is 8.82. The maximum absolute atomic E-state index is 13.6. The number of hydrogen-bond donors (Lipinski definition) is 0. The van der Waals surface area contributed by atoms with Gasteiger partial charge in [0, 0.05) is 13.0 Å². The minimum Gasteiger partial charge on any atom is -0.333 e. The van der Waals surface area contributed by atoms with E-state index in [9.17, 15) is 9.59 Å². The number of fused-ring (bicyclic) bond motifs is 1. The summed E-state index contributed by atoms with van der Waals surface area (Å²) in [4.78, 5) is 33.6. The fraction of sp³-hybridized carbons (Fsp3) is 0.444. The molecule has 1 aromatic heterocycles. The van der Waals surface area contributed by atoms with Crippen LogP contribution < -0.4 is 5.56 Å². The van der Waals surface area contributed by atoms with E-state index in [-0.39, 0.29) is 17.5 Å². The normalized spacial score (nSPS) is 12.1. The topological polar surface area (TPSA) is 55.2 Å². The highest BCUT2D eigenvalue weighted by atomic mass is 16.2. The molecule has 0 bridgehead atoms. The molecule has 0 saturated heterocycles. The lowest BCUT2D eigenvalue weighted by Crippen LogP contribution is -2.38. The minimum absolute atomic E-state index is 0.0962. The third kappa shape index (κ3) is 5.09. The van der Waals surface area contributed by atoms with Gasteiger partial charge in [-0.05, 0) is 56.5 Å². The second kappa shape index (κ2) is 11.1. The van der Waals surface area contributed by atoms with E-state index in [0.717, 1.165) is 36.9 Å². The Balaban J connectivity index is 2.12. The standard InChI is InChI=1S/C27H35N3O2/c1-5-8-9-10-18-25(31)29(7-3)24(6-2)26-28-23-17-12-11-16-22(23)27(32)30(26)21-15-13-14-20(4)19-21/h11-17,19,24H,5-10,18H2,1-4H3/t24-/m1/s1. The van der Waals surface area contributed by atoms with Crippen molar-refractivity contribution < 1.29 is 4.79 Å². The molecule has 5 nitrogen and oxygen atoms in total. The lowest BCUT2D eigenvalue weighted by molar-refractivity contribution is -0.133. The number of hydrogen-bond acceptors (Lipinski definition) is 3. The highest BCUT2D eigenvalue weighted by molar-refractivity contribution is 5.79. The van der Waals surface area contributed by atoms with Crippen molar-refractivity contribution >= 4 is 16.8 Å². The number of carbonyl (C=O) groups is 1. The summed E-state index contributed by atoms with van der Waals surface area (Å²) in [5, 5.41) is 0.585. The Morgan fingerprint density at radius 3 is 2.50 bits per heavy atom. The van der Waals surface area contributed by atoms with Crippen molar-refractivity contribution in [3.05, 3.63) is 70.3 Å². The molecule has 1 atom stereocenters. The average molecular weight is 434 g/mol. The molecule has 0 radical (unpaired) electrons. The highest BCUT2D eigenvalue weighted by Gasteiger charge is 2.27. The third-order valence-electron chi connectivity index (χ3n) is 6.03. The van der Waals surface area contributed by atoms with Crippen LogP contribution in [0.2, 0.25) is 0 Å². The molecule has 0 spiro atoms. The van der Waals surface area contributed by atoms with Crippen LogP contribution >= 0.6 is 0 Å². The quantitative estimate of drug-likeness (QED) is 0.370. The Labute approximate surface area is 191 Å². The van der Waals surface area contributed by atoms with Crippen LogP contribution in [0.1, 0.15) is 76.7 Å². The SMILES string of the molecule is CCCCCCC(=O)N(CC)[C@H](CC)c1nc2ccccc2c(=O)n1-c1cccc(C)c1. The monoisotopic (exact) mass is 433 g/mol. The highest BCUT2D eigenvalue weighted by Crippen LogP contribution is 2.27. The fourth-order valence-corrected chi connectivity index (χ4v) is 4.35. The number of unbranched alkanes of at least 4 members (excludes halogenated alkanes) is 3. The molecule has 1 amide bonds. The Morgan fingerprint density at radius 2 is 1.81 bits per heavy atom. The first-order chi connectivity index (χ1) is 15.5. The van der Waals surface area contributed by atoms with Crippen LogP contribution in [0.15, 0.2) is 53.3 Å². The molecule has 32 heavy (non-hydrogen) atoms. The van der Waals surface area contributed by atoms with Gasteiger partial charge in [0.2, 0.25) is 5.91 Å². The molecule has 0 fully saturated rings. The smallest absolute Gasteiger partial charge is 0.266 e. The number of rotatable bonds is 10. The molecule has 5 heteroatoms. The van der Waals surface area contributed by atoms with Gasteiger partial charge >= 0.3 is 0 Å². The molecule has 0 unspecified atom stereocenters. The van der Waals surface area contributed by atoms with E-state index < -0.39 is 0 Å². The van der Waals surface area contributed by atoms with Crippen LogP contribution in [0.25, 0.3) is 16.6 Å². The third-order valence-corrected chi connectivity index (χ3v) is 6.03. The Bertz CT molecular complexity index is 1120. The van der Waals surface area contributed by atoms with E-state index in [4.69, 9.17) is 4.98 Å². The Kier molecular flexibility index (Phi) is 8.20. The Hall–Kier alpha value is -2.95. The van der Waals surface area contributed by atoms with Gasteiger partial charge in [-0.25, -0.2) is 4.98 Å². The lowest BCUT2D eigenvalue weighted by atomic mass is 10.1. The van der Waals surface area contributed by atoms with Gasteiger partial charge in [0.15, 0.2) is 0 Å². The molecule has 3 rings (SSSR count). The van der Waals surface area contributed by atoms with Crippen molar-refractivity contribution in [2.75, 3.05) is 6.54 Å². The summed E-state index contributed by atoms with van der Waals surface area (Å²) < 4.78 is 1.70. The second-order valence-corrected chi connectivity index (χ2v) is 8.38. The van der Waals surface area contributed by atoms with Crippen LogP contribution in [0.3, 0.4) is 0 Å². The van der Waals surface area contributed by atoms with E-state index in [1.54, 1.807) is 4.57 Å². The molecule has 0 aliphatic carbocycles. The summed E-state index contributed by atoms with van der Waals surface area (Å²) in [5.41, 5.74) is 2.43. The van der Waals surface area contributed by atoms with E-state index in [0.29, 0.717) is 36.1 Å². The van der Waals surface area contributed by atoms with Gasteiger partial charge in [-0.1, -0.05) is 57.4 Å². The molecule has 3 aromatic rings. The van der Waals surface area contributed by atoms with Crippen molar-refractivity contribution in [2.24, 2.45) is 0 Å². The van der Waals surface area contributed by atoms with Crippen molar-refractivity contribution in [1.82, 2.24) is 14.5 Å². The van der Waals surface area contributed by atoms with Crippen LogP contribution in [0, 0.1) is 6.92 Å². The van der Waals surface area contributed by atoms with Crippen LogP contribution in [-0.4, -0.2) is 26.9 Å². The molecule has 0 N–H and O–H groups in total. The van der Waals surface area contributed by atoms with E-state index in [1.807, 2.05) is 67.3 Å². The summed E-state index contributed by atoms with van der Waals surface area (Å²) in [5.74, 6) is 0.763. The van der Waals surface area contributed by atoms with Gasteiger partial charge in [-0.15, -0.1) is 0 Å². The van der Waals surface area contributed by atoms with Gasteiger partial charge < -0.3 is 4.90 Å². The van der Waals surface area contributed by atoms with Gasteiger partial charge in [-0.3, -0.25) is 14.2 Å². The fourth-order valence-electron chi connectivity index (χ4n) is 4.35. The molecule has 0 aliphatic rings. The van der Waals surface area contributed by atoms with Gasteiger partial charge in [0.25, 0.3) is 5.56 Å². The van der Waals surface area contributed by atoms with E-state index in [2.05, 4.69) is 13.8 Å². The molecule has 0 saturated carbocycles. The zero-order chi connectivity index (χ0) is 23.1. The molecular formula is C27H35N3O2. The van der Waals surface area contributed by atoms with Crippen LogP contribution in [0.4, 0.5) is 0 Å². The van der Waals surface area contributed by atoms with Crippen LogP contribution in [-0.2, 0) is 4.79 Å². The van der Waals surface area contributed by atoms with Crippen LogP contribution in [0.5, 0.6) is 0 Å². The number of aryl methyl sites for hydroxylation is 1. The molecule has 170 valence electrons. The summed E-state index contributed by atoms with van der Waals surface area (Å²) >= 11 is 0. The summed E-state index contributed by atoms with van der Waals surface area (Å²) in [7, 11) is 0. The first-order valence-corrected chi connectivity index (χ1v) is 11.9. The zero-order valence-corrected chi connectivity index (χ0v) is 19.8. The van der Waals surface area contributed by atoms with E-state index >= 15 is 0 Å². The number of para-hydroxylation sites is 1. The predicted molar refractivity (Wildman–Crippen MR) is 131 cm³/mol. The van der Waals surface area contributed by atoms with Crippen molar-refractivity contribution in [2.45, 2.75) is 72.3 Å². The van der Waals surface area contributed by atoms with Crippen molar-refractivity contribution in [3.63, 3.8) is 0 Å². The molecule has 1 heterocycles. The first-order valence-electron chi connectivity index (χ1n) is 11.9. The Morgan fingerprint density at radius 1 is 1.03 bits per heavy atom. The molecule has 2 aromatic carbocycles. The zero-order valence-electron chi connectivity index (χ0n) is 19.8. The maximum Gasteiger partial charge on any atom is 0.266 e. The van der Waals surface area contributed by atoms with E-state index in [1.165, 1.54) is 0 Å². The second-order valence-electron chi connectivity index (χ2n) is 8.38. The van der Waals surface area contributed by atoms with Gasteiger partial charge in [0.05, 0.1) is 22.6 Å². The maximum atomic E-state index is 13.6. The summed E-state index contributed by atoms with van der Waals surface area (Å²) in [6.07, 6.45) is 5.48.